The van der Waals surface area contributed by atoms with E-state index in [2.05, 4.69) is 21.2 Å². The smallest absolute Gasteiger partial charge is 0.407 e. The fourth-order valence-electron chi connectivity index (χ4n) is 8.15. The number of halogens is 1. The lowest BCUT2D eigenvalue weighted by atomic mass is 9.73. The van der Waals surface area contributed by atoms with Crippen LogP contribution >= 0.6 is 15.9 Å². The first kappa shape index (κ1) is 45.2. The number of alkyl carbamates (subject to hydrolysis) is 1. The zero-order chi connectivity index (χ0) is 40.0. The number of amides is 1. The summed E-state index contributed by atoms with van der Waals surface area (Å²) in [6.07, 6.45) is -6.60. The van der Waals surface area contributed by atoms with Crippen molar-refractivity contribution >= 4 is 33.8 Å². The highest BCUT2D eigenvalue weighted by molar-refractivity contribution is 9.10. The third-order valence-corrected chi connectivity index (χ3v) is 11.8. The van der Waals surface area contributed by atoms with E-state index in [4.69, 9.17) is 28.4 Å². The SMILES string of the molecule is CC[C@H]1OC(=O)[C@H](C)[C@@H](OC(=O)NCc2ccc(Br)cc2)[C@H](C)[C@@H](O[C@@H]2O[C@H](C)C[C@H](N(C)C)[C@H]2O)[C@](C)(OC)C[C@@H](C)C(=O)[C@H](C)[C@@H](OC)[C@]1(C)O. The Hall–Kier alpha value is -2.17. The van der Waals surface area contributed by atoms with E-state index in [0.29, 0.717) is 6.42 Å². The van der Waals surface area contributed by atoms with Crippen LogP contribution in [-0.4, -0.2) is 121 Å². The molecule has 14 heteroatoms. The van der Waals surface area contributed by atoms with Gasteiger partial charge in [0.05, 0.1) is 29.8 Å². The van der Waals surface area contributed by atoms with Crippen molar-refractivity contribution < 1.29 is 53.0 Å². The van der Waals surface area contributed by atoms with Gasteiger partial charge in [-0.15, -0.1) is 0 Å². The molecule has 3 rings (SSSR count). The maximum Gasteiger partial charge on any atom is 0.407 e. The summed E-state index contributed by atoms with van der Waals surface area (Å²) in [5.41, 5.74) is -2.19. The van der Waals surface area contributed by atoms with Gasteiger partial charge >= 0.3 is 12.1 Å². The minimum absolute atomic E-state index is 0.133. The van der Waals surface area contributed by atoms with Crippen molar-refractivity contribution in [3.63, 3.8) is 0 Å². The molecule has 3 N–H and O–H groups in total. The van der Waals surface area contributed by atoms with E-state index >= 15 is 0 Å². The van der Waals surface area contributed by atoms with Gasteiger partial charge in [0.2, 0.25) is 0 Å². The van der Waals surface area contributed by atoms with E-state index in [9.17, 15) is 24.6 Å². The number of cyclic esters (lactones) is 1. The summed E-state index contributed by atoms with van der Waals surface area (Å²) in [5, 5.41) is 26.2. The van der Waals surface area contributed by atoms with Crippen LogP contribution in [0.3, 0.4) is 0 Å². The Bertz CT molecular complexity index is 1360. The molecule has 1 aromatic rings. The second kappa shape index (κ2) is 19.1. The predicted octanol–water partition coefficient (Wildman–Crippen LogP) is 4.87. The monoisotopic (exact) mass is 814 g/mol. The normalized spacial score (nSPS) is 39.2. The van der Waals surface area contributed by atoms with Crippen LogP contribution in [0.1, 0.15) is 80.2 Å². The number of ketones is 1. The first-order valence-corrected chi connectivity index (χ1v) is 19.4. The predicted molar refractivity (Wildman–Crippen MR) is 202 cm³/mol. The second-order valence-corrected chi connectivity index (χ2v) is 16.6. The van der Waals surface area contributed by atoms with Crippen LogP contribution in [0.15, 0.2) is 28.7 Å². The number of aliphatic hydroxyl groups is 2. The summed E-state index contributed by atoms with van der Waals surface area (Å²) in [4.78, 5) is 43.8. The second-order valence-electron chi connectivity index (χ2n) is 15.7. The molecule has 0 aliphatic carbocycles. The fraction of sp³-hybridized carbons (Fsp3) is 0.769. The van der Waals surface area contributed by atoms with Gasteiger partial charge in [0, 0.05) is 49.0 Å². The Balaban J connectivity index is 2.16. The minimum Gasteiger partial charge on any atom is -0.459 e. The molecule has 1 aromatic carbocycles. The van der Waals surface area contributed by atoms with Gasteiger partial charge in [0.15, 0.2) is 6.29 Å². The number of carbonyl (C=O) groups is 3. The Morgan fingerprint density at radius 3 is 2.21 bits per heavy atom. The summed E-state index contributed by atoms with van der Waals surface area (Å²) in [7, 11) is 6.66. The van der Waals surface area contributed by atoms with Crippen LogP contribution in [-0.2, 0) is 44.6 Å². The summed E-state index contributed by atoms with van der Waals surface area (Å²) in [6.45, 7) is 14.0. The highest BCUT2D eigenvalue weighted by Crippen LogP contribution is 2.40. The van der Waals surface area contributed by atoms with Crippen molar-refractivity contribution in [1.29, 1.82) is 0 Å². The number of ether oxygens (including phenoxy) is 6. The topological polar surface area (TPSA) is 162 Å². The van der Waals surface area contributed by atoms with Gasteiger partial charge in [0.1, 0.15) is 29.7 Å². The summed E-state index contributed by atoms with van der Waals surface area (Å²) >= 11 is 3.42. The maximum absolute atomic E-state index is 14.1. The number of methoxy groups -OCH3 is 2. The lowest BCUT2D eigenvalue weighted by Gasteiger charge is -2.48. The Morgan fingerprint density at radius 1 is 1.04 bits per heavy atom. The summed E-state index contributed by atoms with van der Waals surface area (Å²) in [5.74, 6) is -4.25. The standard InChI is InChI=1S/C39H63BrN2O11/c1-13-29-39(8,47)34(48-11)23(4)30(43)21(2)19-38(7,49-12)33(53-36-31(44)28(42(9)10)18-22(3)50-36)24(5)32(25(6)35(45)51-29)52-37(46)41-20-26-14-16-27(40)17-15-26/h14-17,21-25,28-29,31-34,36,44,47H,13,18-20H2,1-12H3,(H,41,46)/t21-,22-,23+,24+,25-,28+,29-,31-,32+,33-,34-,36+,38-,39-/m1/s1. The van der Waals surface area contributed by atoms with Gasteiger partial charge < -0.3 is 48.9 Å². The van der Waals surface area contributed by atoms with Crippen molar-refractivity contribution in [2.75, 3.05) is 28.3 Å². The minimum atomic E-state index is -1.76. The van der Waals surface area contributed by atoms with Crippen LogP contribution in [0.25, 0.3) is 0 Å². The molecule has 2 heterocycles. The maximum atomic E-state index is 14.1. The van der Waals surface area contributed by atoms with Gasteiger partial charge in [0.25, 0.3) is 0 Å². The molecule has 0 radical (unpaired) electrons. The molecule has 1 amide bonds. The number of carbonyl (C=O) groups excluding carboxylic acids is 3. The van der Waals surface area contributed by atoms with Crippen LogP contribution in [0.4, 0.5) is 4.79 Å². The molecule has 0 spiro atoms. The Labute approximate surface area is 323 Å². The van der Waals surface area contributed by atoms with Crippen LogP contribution < -0.4 is 5.32 Å². The Morgan fingerprint density at radius 2 is 1.66 bits per heavy atom. The van der Waals surface area contributed by atoms with E-state index in [1.165, 1.54) is 21.1 Å². The highest BCUT2D eigenvalue weighted by Gasteiger charge is 2.53. The highest BCUT2D eigenvalue weighted by atomic mass is 79.9. The fourth-order valence-corrected chi connectivity index (χ4v) is 8.42. The number of likely N-dealkylation sites (N-methyl/N-ethyl adjacent to an activating group) is 1. The average Bonchev–Trinajstić information content (AvgIpc) is 3.10. The number of Topliss-reactive ketones (excluding diaryl/α,β-unsaturated/α-hetero) is 1. The molecule has 14 atom stereocenters. The number of aliphatic hydroxyl groups excluding tert-OH is 1. The van der Waals surface area contributed by atoms with E-state index in [1.807, 2.05) is 50.2 Å². The van der Waals surface area contributed by atoms with Crippen LogP contribution in [0.2, 0.25) is 0 Å². The number of nitrogens with one attached hydrogen (secondary N) is 1. The molecule has 2 aliphatic heterocycles. The summed E-state index contributed by atoms with van der Waals surface area (Å²) < 4.78 is 38.0. The van der Waals surface area contributed by atoms with Gasteiger partial charge in [-0.05, 0) is 78.7 Å². The van der Waals surface area contributed by atoms with E-state index in [0.717, 1.165) is 10.0 Å². The first-order chi connectivity index (χ1) is 24.7. The van der Waals surface area contributed by atoms with Gasteiger partial charge in [-0.1, -0.05) is 55.8 Å². The number of hydrogen-bond donors (Lipinski definition) is 3. The van der Waals surface area contributed by atoms with Crippen LogP contribution in [0, 0.1) is 23.7 Å². The van der Waals surface area contributed by atoms with Crippen molar-refractivity contribution in [3.8, 4) is 0 Å². The lowest BCUT2D eigenvalue weighted by Crippen LogP contribution is -2.61. The third kappa shape index (κ3) is 10.8. The van der Waals surface area contributed by atoms with E-state index < -0.39 is 83.7 Å². The zero-order valence-electron chi connectivity index (χ0n) is 33.5. The van der Waals surface area contributed by atoms with Gasteiger partial charge in [-0.25, -0.2) is 4.79 Å². The van der Waals surface area contributed by atoms with E-state index in [1.54, 1.807) is 41.5 Å². The molecule has 2 aliphatic rings. The number of esters is 1. The molecule has 0 bridgehead atoms. The molecule has 0 aromatic heterocycles. The Kier molecular flexibility index (Phi) is 16.3. The quantitative estimate of drug-likeness (QED) is 0.291. The molecule has 2 fully saturated rings. The van der Waals surface area contributed by atoms with Crippen LogP contribution in [0.5, 0.6) is 0 Å². The van der Waals surface area contributed by atoms with Gasteiger partial charge in [-0.3, -0.25) is 9.59 Å². The number of benzene rings is 1. The molecular formula is C39H63BrN2O11. The number of nitrogens with zero attached hydrogens (tertiary/aromatic N) is 1. The third-order valence-electron chi connectivity index (χ3n) is 11.3. The zero-order valence-corrected chi connectivity index (χ0v) is 35.0. The molecule has 0 saturated carbocycles. The molecule has 2 saturated heterocycles. The van der Waals surface area contributed by atoms with Gasteiger partial charge in [-0.2, -0.15) is 0 Å². The molecule has 53 heavy (non-hydrogen) atoms. The van der Waals surface area contributed by atoms with Crippen molar-refractivity contribution in [3.05, 3.63) is 34.3 Å². The summed E-state index contributed by atoms with van der Waals surface area (Å²) in [6, 6.07) is 7.14. The average molecular weight is 816 g/mol. The molecule has 13 nitrogen and oxygen atoms in total. The lowest BCUT2D eigenvalue weighted by molar-refractivity contribution is -0.301. The first-order valence-electron chi connectivity index (χ1n) is 18.6. The van der Waals surface area contributed by atoms with Crippen molar-refractivity contribution in [1.82, 2.24) is 10.2 Å². The van der Waals surface area contributed by atoms with Crippen molar-refractivity contribution in [2.45, 2.75) is 141 Å². The number of hydrogen-bond acceptors (Lipinski definition) is 12. The van der Waals surface area contributed by atoms with E-state index in [-0.39, 0.29) is 37.3 Å². The molecule has 0 unspecified atom stereocenters. The largest absolute Gasteiger partial charge is 0.459 e. The molecule has 302 valence electrons. The van der Waals surface area contributed by atoms with Crippen molar-refractivity contribution in [2.24, 2.45) is 23.7 Å². The number of rotatable bonds is 9. The molecular weight excluding hydrogens is 752 g/mol.